The molecule has 1 aromatic rings. The third kappa shape index (κ3) is 3.16. The van der Waals surface area contributed by atoms with Crippen molar-refractivity contribution in [2.24, 2.45) is 0 Å². The Morgan fingerprint density at radius 3 is 2.75 bits per heavy atom. The third-order valence-corrected chi connectivity index (χ3v) is 4.24. The molecular formula is C15H21N3O2. The van der Waals surface area contributed by atoms with E-state index >= 15 is 0 Å². The summed E-state index contributed by atoms with van der Waals surface area (Å²) in [5, 5.41) is 14.6. The molecule has 0 spiro atoms. The van der Waals surface area contributed by atoms with Gasteiger partial charge in [0.25, 0.3) is 5.69 Å². The van der Waals surface area contributed by atoms with Crippen LogP contribution in [0.15, 0.2) is 24.3 Å². The lowest BCUT2D eigenvalue weighted by atomic mass is 10.1. The Labute approximate surface area is 119 Å². The number of para-hydroxylation sites is 1. The first-order valence-corrected chi connectivity index (χ1v) is 7.44. The first kappa shape index (κ1) is 13.5. The van der Waals surface area contributed by atoms with Crippen molar-refractivity contribution in [2.75, 3.05) is 13.1 Å². The first-order valence-electron chi connectivity index (χ1n) is 7.44. The van der Waals surface area contributed by atoms with E-state index in [0.717, 1.165) is 18.7 Å². The molecule has 1 heterocycles. The van der Waals surface area contributed by atoms with Gasteiger partial charge in [0.15, 0.2) is 0 Å². The van der Waals surface area contributed by atoms with Gasteiger partial charge >= 0.3 is 0 Å². The smallest absolute Gasteiger partial charge is 0.273 e. The molecule has 1 aliphatic carbocycles. The van der Waals surface area contributed by atoms with Crippen LogP contribution in [-0.4, -0.2) is 35.0 Å². The average molecular weight is 275 g/mol. The Balaban J connectivity index is 1.71. The van der Waals surface area contributed by atoms with E-state index in [-0.39, 0.29) is 10.6 Å². The van der Waals surface area contributed by atoms with Gasteiger partial charge in [0.05, 0.1) is 4.92 Å². The second kappa shape index (κ2) is 5.89. The van der Waals surface area contributed by atoms with E-state index in [9.17, 15) is 10.1 Å². The van der Waals surface area contributed by atoms with Gasteiger partial charge in [-0.05, 0) is 32.2 Å². The molecule has 1 N–H and O–H groups in total. The predicted octanol–water partition coefficient (Wildman–Crippen LogP) is 2.31. The van der Waals surface area contributed by atoms with E-state index in [1.165, 1.54) is 25.7 Å². The van der Waals surface area contributed by atoms with Crippen molar-refractivity contribution < 1.29 is 4.92 Å². The molecule has 5 nitrogen and oxygen atoms in total. The average Bonchev–Trinajstić information content (AvgIpc) is 3.17. The number of nitro benzene ring substituents is 1. The van der Waals surface area contributed by atoms with E-state index in [1.54, 1.807) is 12.1 Å². The molecule has 0 radical (unpaired) electrons. The largest absolute Gasteiger partial charge is 0.313 e. The summed E-state index contributed by atoms with van der Waals surface area (Å²) in [5.74, 6) is 0. The molecule has 1 saturated carbocycles. The third-order valence-electron chi connectivity index (χ3n) is 4.24. The summed E-state index contributed by atoms with van der Waals surface area (Å²) >= 11 is 0. The lowest BCUT2D eigenvalue weighted by Gasteiger charge is -2.25. The second-order valence-electron chi connectivity index (χ2n) is 5.84. The van der Waals surface area contributed by atoms with Gasteiger partial charge in [-0.2, -0.15) is 0 Å². The molecule has 5 heteroatoms. The molecule has 2 fully saturated rings. The fraction of sp³-hybridized carbons (Fsp3) is 0.600. The van der Waals surface area contributed by atoms with E-state index < -0.39 is 0 Å². The normalized spacial score (nSPS) is 22.4. The lowest BCUT2D eigenvalue weighted by molar-refractivity contribution is -0.385. The Hall–Kier alpha value is -1.46. The van der Waals surface area contributed by atoms with Crippen LogP contribution in [0.5, 0.6) is 0 Å². The van der Waals surface area contributed by atoms with Crippen LogP contribution in [0, 0.1) is 10.1 Å². The Kier molecular flexibility index (Phi) is 3.98. The van der Waals surface area contributed by atoms with Crippen LogP contribution in [0.3, 0.4) is 0 Å². The highest BCUT2D eigenvalue weighted by Gasteiger charge is 2.32. The maximum atomic E-state index is 11.1. The molecule has 1 aliphatic heterocycles. The molecule has 0 aromatic heterocycles. The molecular weight excluding hydrogens is 254 g/mol. The summed E-state index contributed by atoms with van der Waals surface area (Å²) in [6.07, 6.45) is 4.93. The number of rotatable bonds is 6. The summed E-state index contributed by atoms with van der Waals surface area (Å²) < 4.78 is 0. The standard InChI is InChI=1S/C15H21N3O2/c19-18(20)15-6-2-1-4-12(15)10-17(14-7-8-14)11-13-5-3-9-16-13/h1-2,4,6,13-14,16H,3,5,7-11H2. The van der Waals surface area contributed by atoms with Crippen LogP contribution in [0.2, 0.25) is 0 Å². The topological polar surface area (TPSA) is 58.4 Å². The van der Waals surface area contributed by atoms with Crippen LogP contribution in [0.4, 0.5) is 5.69 Å². The number of hydrogen-bond donors (Lipinski definition) is 1. The summed E-state index contributed by atoms with van der Waals surface area (Å²) in [4.78, 5) is 13.3. The molecule has 1 aromatic carbocycles. The van der Waals surface area contributed by atoms with Gasteiger partial charge in [0, 0.05) is 36.8 Å². The summed E-state index contributed by atoms with van der Waals surface area (Å²) in [5.41, 5.74) is 1.08. The first-order chi connectivity index (χ1) is 9.74. The lowest BCUT2D eigenvalue weighted by Crippen LogP contribution is -2.38. The molecule has 1 unspecified atom stereocenters. The van der Waals surface area contributed by atoms with Gasteiger partial charge < -0.3 is 5.32 Å². The van der Waals surface area contributed by atoms with Crippen LogP contribution >= 0.6 is 0 Å². The Bertz CT molecular complexity index is 482. The van der Waals surface area contributed by atoms with Crippen molar-refractivity contribution in [3.8, 4) is 0 Å². The molecule has 1 saturated heterocycles. The maximum absolute atomic E-state index is 11.1. The number of benzene rings is 1. The zero-order valence-corrected chi connectivity index (χ0v) is 11.6. The fourth-order valence-corrected chi connectivity index (χ4v) is 3.02. The molecule has 0 bridgehead atoms. The van der Waals surface area contributed by atoms with Gasteiger partial charge in [0.1, 0.15) is 0 Å². The minimum atomic E-state index is -0.270. The number of nitro groups is 1. The van der Waals surface area contributed by atoms with Crippen molar-refractivity contribution >= 4 is 5.69 Å². The SMILES string of the molecule is O=[N+]([O-])c1ccccc1CN(CC1CCCN1)C1CC1. The molecule has 1 atom stereocenters. The van der Waals surface area contributed by atoms with Crippen LogP contribution in [0.25, 0.3) is 0 Å². The quantitative estimate of drug-likeness (QED) is 0.639. The predicted molar refractivity (Wildman–Crippen MR) is 77.6 cm³/mol. The maximum Gasteiger partial charge on any atom is 0.273 e. The van der Waals surface area contributed by atoms with E-state index in [1.807, 2.05) is 12.1 Å². The van der Waals surface area contributed by atoms with E-state index in [4.69, 9.17) is 0 Å². The van der Waals surface area contributed by atoms with Crippen molar-refractivity contribution in [1.29, 1.82) is 0 Å². The number of nitrogens with one attached hydrogen (secondary N) is 1. The monoisotopic (exact) mass is 275 g/mol. The van der Waals surface area contributed by atoms with Crippen LogP contribution in [0.1, 0.15) is 31.2 Å². The van der Waals surface area contributed by atoms with Gasteiger partial charge in [0.2, 0.25) is 0 Å². The van der Waals surface area contributed by atoms with Gasteiger partial charge in [-0.25, -0.2) is 0 Å². The van der Waals surface area contributed by atoms with Gasteiger partial charge in [-0.3, -0.25) is 15.0 Å². The minimum absolute atomic E-state index is 0.248. The van der Waals surface area contributed by atoms with Crippen LogP contribution in [-0.2, 0) is 6.54 Å². The molecule has 108 valence electrons. The highest BCUT2D eigenvalue weighted by Crippen LogP contribution is 2.30. The Morgan fingerprint density at radius 1 is 1.30 bits per heavy atom. The zero-order valence-electron chi connectivity index (χ0n) is 11.6. The summed E-state index contributed by atoms with van der Waals surface area (Å²) in [7, 11) is 0. The highest BCUT2D eigenvalue weighted by atomic mass is 16.6. The highest BCUT2D eigenvalue weighted by molar-refractivity contribution is 5.39. The fourth-order valence-electron chi connectivity index (χ4n) is 3.02. The van der Waals surface area contributed by atoms with Gasteiger partial charge in [-0.1, -0.05) is 18.2 Å². The zero-order chi connectivity index (χ0) is 13.9. The molecule has 2 aliphatic rings. The van der Waals surface area contributed by atoms with Crippen molar-refractivity contribution in [3.63, 3.8) is 0 Å². The van der Waals surface area contributed by atoms with E-state index in [2.05, 4.69) is 10.2 Å². The van der Waals surface area contributed by atoms with Crippen molar-refractivity contribution in [1.82, 2.24) is 10.2 Å². The molecule has 20 heavy (non-hydrogen) atoms. The van der Waals surface area contributed by atoms with E-state index in [0.29, 0.717) is 18.6 Å². The summed E-state index contributed by atoms with van der Waals surface area (Å²) in [6.45, 7) is 2.81. The minimum Gasteiger partial charge on any atom is -0.313 e. The van der Waals surface area contributed by atoms with Gasteiger partial charge in [-0.15, -0.1) is 0 Å². The number of nitrogens with zero attached hydrogens (tertiary/aromatic N) is 2. The van der Waals surface area contributed by atoms with Crippen molar-refractivity contribution in [2.45, 2.75) is 44.3 Å². The molecule has 0 amide bonds. The van der Waals surface area contributed by atoms with Crippen molar-refractivity contribution in [3.05, 3.63) is 39.9 Å². The number of hydrogen-bond acceptors (Lipinski definition) is 4. The molecule has 3 rings (SSSR count). The Morgan fingerprint density at radius 2 is 2.10 bits per heavy atom. The second-order valence-corrected chi connectivity index (χ2v) is 5.84. The van der Waals surface area contributed by atoms with Crippen LogP contribution < -0.4 is 5.32 Å². The summed E-state index contributed by atoms with van der Waals surface area (Å²) in [6, 6.07) is 8.29.